The zero-order chi connectivity index (χ0) is 26.6. The Labute approximate surface area is 235 Å². The number of carbonyl (C=O) groups excluding carboxylic acids is 1. The van der Waals surface area contributed by atoms with Crippen molar-refractivity contribution in [2.45, 2.75) is 13.5 Å². The Bertz CT molecular complexity index is 1620. The fourth-order valence-corrected chi connectivity index (χ4v) is 4.48. The zero-order valence-corrected chi connectivity index (χ0v) is 22.5. The van der Waals surface area contributed by atoms with E-state index in [1.807, 2.05) is 61.5 Å². The van der Waals surface area contributed by atoms with Gasteiger partial charge in [0.05, 0.1) is 21.1 Å². The Kier molecular flexibility index (Phi) is 7.60. The summed E-state index contributed by atoms with van der Waals surface area (Å²) in [4.78, 5) is 20.8. The smallest absolute Gasteiger partial charge is 0.257 e. The maximum absolute atomic E-state index is 12.7. The van der Waals surface area contributed by atoms with Crippen LogP contribution in [0.5, 0.6) is 5.75 Å². The summed E-state index contributed by atoms with van der Waals surface area (Å²) in [5.74, 6) is 1.02. The standard InChI is InChI=1S/C29H22Cl2N4O2S/c1-17-9-12-20(15-22(17)27-33-24-7-2-3-8-25(24)34-27)32-29(38)35-28(36)18-10-13-21(14-11-18)37-16-19-5-4-6-23(30)26(19)31/h2-15H,16H2,1H3,(H,33,34)(H2,32,35,36,38). The average Bonchev–Trinajstić information content (AvgIpc) is 3.35. The van der Waals surface area contributed by atoms with Crippen LogP contribution in [-0.4, -0.2) is 21.0 Å². The maximum Gasteiger partial charge on any atom is 0.257 e. The van der Waals surface area contributed by atoms with E-state index in [1.165, 1.54) is 0 Å². The molecule has 38 heavy (non-hydrogen) atoms. The summed E-state index contributed by atoms with van der Waals surface area (Å²) in [5.41, 5.74) is 5.81. The van der Waals surface area contributed by atoms with Crippen LogP contribution in [0.2, 0.25) is 10.0 Å². The predicted octanol–water partition coefficient (Wildman–Crippen LogP) is 7.55. The van der Waals surface area contributed by atoms with E-state index in [4.69, 9.17) is 40.2 Å². The first-order chi connectivity index (χ1) is 18.4. The molecule has 0 saturated carbocycles. The Balaban J connectivity index is 1.20. The van der Waals surface area contributed by atoms with Gasteiger partial charge >= 0.3 is 0 Å². The number of para-hydroxylation sites is 2. The first-order valence-electron chi connectivity index (χ1n) is 11.7. The largest absolute Gasteiger partial charge is 0.489 e. The molecule has 3 N–H and O–H groups in total. The molecular weight excluding hydrogens is 539 g/mol. The van der Waals surface area contributed by atoms with Crippen molar-refractivity contribution in [3.63, 3.8) is 0 Å². The molecular formula is C29H22Cl2N4O2S. The van der Waals surface area contributed by atoms with E-state index in [0.717, 1.165) is 39.2 Å². The summed E-state index contributed by atoms with van der Waals surface area (Å²) < 4.78 is 5.78. The van der Waals surface area contributed by atoms with Crippen molar-refractivity contribution in [1.29, 1.82) is 0 Å². The number of amides is 1. The van der Waals surface area contributed by atoms with E-state index in [9.17, 15) is 4.79 Å². The number of aryl methyl sites for hydroxylation is 1. The third kappa shape index (κ3) is 5.81. The van der Waals surface area contributed by atoms with Crippen LogP contribution in [0.4, 0.5) is 5.69 Å². The highest BCUT2D eigenvalue weighted by atomic mass is 35.5. The Hall–Kier alpha value is -3.91. The van der Waals surface area contributed by atoms with Crippen molar-refractivity contribution in [1.82, 2.24) is 15.3 Å². The molecule has 5 aromatic rings. The Morgan fingerprint density at radius 2 is 1.79 bits per heavy atom. The minimum absolute atomic E-state index is 0.185. The molecule has 1 amide bonds. The van der Waals surface area contributed by atoms with Crippen molar-refractivity contribution in [3.8, 4) is 17.1 Å². The number of H-pyrrole nitrogens is 1. The fraction of sp³-hybridized carbons (Fsp3) is 0.0690. The molecule has 0 aliphatic heterocycles. The predicted molar refractivity (Wildman–Crippen MR) is 157 cm³/mol. The number of ether oxygens (including phenoxy) is 1. The molecule has 5 rings (SSSR count). The first-order valence-corrected chi connectivity index (χ1v) is 12.9. The number of halogens is 2. The number of thiocarbonyl (C=S) groups is 1. The maximum atomic E-state index is 12.7. The molecule has 1 heterocycles. The van der Waals surface area contributed by atoms with Gasteiger partial charge in [-0.2, -0.15) is 0 Å². The van der Waals surface area contributed by atoms with Crippen molar-refractivity contribution >= 4 is 63.2 Å². The van der Waals surface area contributed by atoms with Gasteiger partial charge in [-0.3, -0.25) is 10.1 Å². The lowest BCUT2D eigenvalue weighted by atomic mass is 10.1. The minimum atomic E-state index is -0.337. The van der Waals surface area contributed by atoms with Gasteiger partial charge in [0.1, 0.15) is 18.2 Å². The second-order valence-electron chi connectivity index (χ2n) is 8.57. The molecule has 0 atom stereocenters. The van der Waals surface area contributed by atoms with Crippen LogP contribution in [0.1, 0.15) is 21.5 Å². The first kappa shape index (κ1) is 25.7. The number of nitrogens with one attached hydrogen (secondary N) is 3. The number of hydrogen-bond acceptors (Lipinski definition) is 4. The number of imidazole rings is 1. The monoisotopic (exact) mass is 560 g/mol. The molecule has 0 unspecified atom stereocenters. The van der Waals surface area contributed by atoms with Crippen LogP contribution < -0.4 is 15.4 Å². The van der Waals surface area contributed by atoms with Gasteiger partial charge < -0.3 is 15.0 Å². The number of hydrogen-bond donors (Lipinski definition) is 3. The number of nitrogens with zero attached hydrogens (tertiary/aromatic N) is 1. The van der Waals surface area contributed by atoms with Gasteiger partial charge in [0.2, 0.25) is 0 Å². The molecule has 0 aliphatic rings. The van der Waals surface area contributed by atoms with Crippen LogP contribution in [0.3, 0.4) is 0 Å². The van der Waals surface area contributed by atoms with Crippen molar-refractivity contribution in [2.24, 2.45) is 0 Å². The summed E-state index contributed by atoms with van der Waals surface area (Å²) in [5, 5.41) is 6.92. The highest BCUT2D eigenvalue weighted by Gasteiger charge is 2.12. The Morgan fingerprint density at radius 3 is 2.58 bits per heavy atom. The lowest BCUT2D eigenvalue weighted by Crippen LogP contribution is -2.34. The van der Waals surface area contributed by atoms with Crippen molar-refractivity contribution in [3.05, 3.63) is 112 Å². The molecule has 0 fully saturated rings. The van der Waals surface area contributed by atoms with Crippen LogP contribution >= 0.6 is 35.4 Å². The molecule has 0 saturated heterocycles. The average molecular weight is 561 g/mol. The van der Waals surface area contributed by atoms with E-state index in [-0.39, 0.29) is 17.6 Å². The van der Waals surface area contributed by atoms with E-state index in [0.29, 0.717) is 21.4 Å². The number of fused-ring (bicyclic) bond motifs is 1. The van der Waals surface area contributed by atoms with Gasteiger partial charge in [0.15, 0.2) is 5.11 Å². The summed E-state index contributed by atoms with van der Waals surface area (Å²) >= 11 is 17.6. The summed E-state index contributed by atoms with van der Waals surface area (Å²) in [6.07, 6.45) is 0. The van der Waals surface area contributed by atoms with Gasteiger partial charge in [-0.25, -0.2) is 4.98 Å². The number of carbonyl (C=O) groups is 1. The molecule has 190 valence electrons. The number of aromatic amines is 1. The van der Waals surface area contributed by atoms with Crippen LogP contribution in [0, 0.1) is 6.92 Å². The van der Waals surface area contributed by atoms with Crippen molar-refractivity contribution in [2.75, 3.05) is 5.32 Å². The number of benzene rings is 4. The minimum Gasteiger partial charge on any atom is -0.489 e. The second-order valence-corrected chi connectivity index (χ2v) is 9.76. The van der Waals surface area contributed by atoms with Gasteiger partial charge in [0.25, 0.3) is 5.91 Å². The second kappa shape index (κ2) is 11.2. The molecule has 0 spiro atoms. The van der Waals surface area contributed by atoms with E-state index >= 15 is 0 Å². The third-order valence-corrected chi connectivity index (χ3v) is 6.97. The SMILES string of the molecule is Cc1ccc(NC(=S)NC(=O)c2ccc(OCc3cccc(Cl)c3Cl)cc2)cc1-c1nc2ccccc2[nH]1. The Morgan fingerprint density at radius 1 is 1.00 bits per heavy atom. The molecule has 6 nitrogen and oxygen atoms in total. The molecule has 0 aliphatic carbocycles. The van der Waals surface area contributed by atoms with Crippen LogP contribution in [0.25, 0.3) is 22.4 Å². The van der Waals surface area contributed by atoms with Crippen LogP contribution in [0.15, 0.2) is 84.9 Å². The number of rotatable bonds is 6. The lowest BCUT2D eigenvalue weighted by molar-refractivity contribution is 0.0977. The van der Waals surface area contributed by atoms with Gasteiger partial charge in [0, 0.05) is 22.4 Å². The van der Waals surface area contributed by atoms with Crippen molar-refractivity contribution < 1.29 is 9.53 Å². The molecule has 4 aromatic carbocycles. The third-order valence-electron chi connectivity index (χ3n) is 5.91. The summed E-state index contributed by atoms with van der Waals surface area (Å²) in [6.45, 7) is 2.27. The van der Waals surface area contributed by atoms with E-state index in [1.54, 1.807) is 30.3 Å². The zero-order valence-electron chi connectivity index (χ0n) is 20.2. The molecule has 9 heteroatoms. The normalized spacial score (nSPS) is 10.8. The molecule has 0 radical (unpaired) electrons. The molecule has 1 aromatic heterocycles. The van der Waals surface area contributed by atoms with E-state index in [2.05, 4.69) is 20.6 Å². The fourth-order valence-electron chi connectivity index (χ4n) is 3.90. The van der Waals surface area contributed by atoms with Gasteiger partial charge in [-0.15, -0.1) is 0 Å². The summed E-state index contributed by atoms with van der Waals surface area (Å²) in [7, 11) is 0. The van der Waals surface area contributed by atoms with Gasteiger partial charge in [-0.05, 0) is 79.3 Å². The summed E-state index contributed by atoms with van der Waals surface area (Å²) in [6, 6.07) is 25.8. The molecule has 0 bridgehead atoms. The highest BCUT2D eigenvalue weighted by molar-refractivity contribution is 7.80. The lowest BCUT2D eigenvalue weighted by Gasteiger charge is -2.12. The van der Waals surface area contributed by atoms with Crippen LogP contribution in [-0.2, 0) is 6.61 Å². The van der Waals surface area contributed by atoms with E-state index < -0.39 is 0 Å². The van der Waals surface area contributed by atoms with Gasteiger partial charge in [-0.1, -0.05) is 53.5 Å². The number of anilines is 1. The highest BCUT2D eigenvalue weighted by Crippen LogP contribution is 2.28. The number of aromatic nitrogens is 2. The topological polar surface area (TPSA) is 79.0 Å². The quantitative estimate of drug-likeness (QED) is 0.187.